The lowest BCUT2D eigenvalue weighted by molar-refractivity contribution is -0.118. The summed E-state index contributed by atoms with van der Waals surface area (Å²) in [5.41, 5.74) is 0.354. The van der Waals surface area contributed by atoms with Crippen molar-refractivity contribution in [1.82, 2.24) is 10.3 Å². The first-order chi connectivity index (χ1) is 8.07. The van der Waals surface area contributed by atoms with Crippen molar-refractivity contribution in [2.45, 2.75) is 31.8 Å². The highest BCUT2D eigenvalue weighted by Crippen LogP contribution is 2.53. The molecular weight excluding hydrogens is 282 g/mol. The summed E-state index contributed by atoms with van der Waals surface area (Å²) in [6, 6.07) is 5.95. The van der Waals surface area contributed by atoms with Crippen molar-refractivity contribution < 1.29 is 4.79 Å². The lowest BCUT2D eigenvalue weighted by atomic mass is 10.0. The molecule has 1 saturated carbocycles. The van der Waals surface area contributed by atoms with Crippen LogP contribution in [0.3, 0.4) is 0 Å². The number of nitrogens with one attached hydrogen (secondary N) is 2. The summed E-state index contributed by atoms with van der Waals surface area (Å²) in [6.07, 6.45) is 2.13. The maximum atomic E-state index is 12.0. The van der Waals surface area contributed by atoms with Gasteiger partial charge in [-0.25, -0.2) is 4.98 Å². The first-order valence-electron chi connectivity index (χ1n) is 5.76. The van der Waals surface area contributed by atoms with Gasteiger partial charge < -0.3 is 10.6 Å². The van der Waals surface area contributed by atoms with Crippen molar-refractivity contribution in [3.8, 4) is 0 Å². The van der Waals surface area contributed by atoms with E-state index in [1.54, 1.807) is 6.07 Å². The minimum absolute atomic E-state index is 0.0176. The predicted molar refractivity (Wildman–Crippen MR) is 68.6 cm³/mol. The van der Waals surface area contributed by atoms with E-state index in [-0.39, 0.29) is 11.9 Å². The van der Waals surface area contributed by atoms with Crippen LogP contribution >= 0.6 is 15.9 Å². The third-order valence-electron chi connectivity index (χ3n) is 3.71. The van der Waals surface area contributed by atoms with Crippen molar-refractivity contribution >= 4 is 27.7 Å². The first kappa shape index (κ1) is 11.2. The highest BCUT2D eigenvalue weighted by atomic mass is 79.9. The number of rotatable bonds is 2. The molecule has 3 atom stereocenters. The zero-order valence-electron chi connectivity index (χ0n) is 9.53. The van der Waals surface area contributed by atoms with Gasteiger partial charge in [-0.05, 0) is 46.3 Å². The third kappa shape index (κ3) is 2.09. The summed E-state index contributed by atoms with van der Waals surface area (Å²) in [4.78, 5) is 16.2. The number of pyridine rings is 1. The Labute approximate surface area is 108 Å². The van der Waals surface area contributed by atoms with Crippen LogP contribution < -0.4 is 10.6 Å². The Bertz CT molecular complexity index is 479. The van der Waals surface area contributed by atoms with Crippen LogP contribution in [0.2, 0.25) is 0 Å². The normalized spacial score (nSPS) is 34.2. The van der Waals surface area contributed by atoms with E-state index in [1.165, 1.54) is 6.42 Å². The molecule has 0 radical (unpaired) electrons. The molecule has 17 heavy (non-hydrogen) atoms. The van der Waals surface area contributed by atoms with Gasteiger partial charge >= 0.3 is 0 Å². The number of halogens is 1. The van der Waals surface area contributed by atoms with Crippen molar-refractivity contribution in [3.63, 3.8) is 0 Å². The van der Waals surface area contributed by atoms with Crippen LogP contribution in [0, 0.1) is 5.41 Å². The van der Waals surface area contributed by atoms with E-state index in [0.717, 1.165) is 11.0 Å². The fourth-order valence-corrected chi connectivity index (χ4v) is 2.86. The zero-order valence-corrected chi connectivity index (χ0v) is 11.1. The Balaban J connectivity index is 1.64. The topological polar surface area (TPSA) is 54.0 Å². The van der Waals surface area contributed by atoms with E-state index in [9.17, 15) is 4.79 Å². The summed E-state index contributed by atoms with van der Waals surface area (Å²) in [6.45, 7) is 2.23. The van der Waals surface area contributed by atoms with Crippen LogP contribution in [-0.2, 0) is 4.79 Å². The molecule has 3 rings (SSSR count). The summed E-state index contributed by atoms with van der Waals surface area (Å²) in [5.74, 6) is 0.612. The van der Waals surface area contributed by atoms with Gasteiger partial charge in [0.05, 0.1) is 6.04 Å². The van der Waals surface area contributed by atoms with Crippen LogP contribution in [0.25, 0.3) is 0 Å². The van der Waals surface area contributed by atoms with E-state index >= 15 is 0 Å². The molecule has 0 aromatic carbocycles. The SMILES string of the molecule is CC12CC(C(=O)Nc3cccc(Br)n3)N[C@@H]1C2. The van der Waals surface area contributed by atoms with Gasteiger partial charge in [-0.15, -0.1) is 0 Å². The maximum absolute atomic E-state index is 12.0. The zero-order chi connectivity index (χ0) is 12.0. The molecule has 0 bridgehead atoms. The largest absolute Gasteiger partial charge is 0.309 e. The van der Waals surface area contributed by atoms with Gasteiger partial charge in [0.1, 0.15) is 10.4 Å². The molecule has 2 N–H and O–H groups in total. The van der Waals surface area contributed by atoms with Crippen molar-refractivity contribution in [2.75, 3.05) is 5.32 Å². The van der Waals surface area contributed by atoms with Gasteiger partial charge in [0.25, 0.3) is 0 Å². The molecular formula is C12H14BrN3O. The van der Waals surface area contributed by atoms with Crippen molar-refractivity contribution in [3.05, 3.63) is 22.8 Å². The molecule has 1 saturated heterocycles. The van der Waals surface area contributed by atoms with E-state index in [0.29, 0.717) is 17.3 Å². The average molecular weight is 296 g/mol. The van der Waals surface area contributed by atoms with Gasteiger partial charge in [-0.2, -0.15) is 0 Å². The Morgan fingerprint density at radius 2 is 2.41 bits per heavy atom. The average Bonchev–Trinajstić information content (AvgIpc) is 2.77. The number of carbonyl (C=O) groups excluding carboxylic acids is 1. The molecule has 2 unspecified atom stereocenters. The Kier molecular flexibility index (Phi) is 2.48. The molecule has 1 aromatic rings. The van der Waals surface area contributed by atoms with Gasteiger partial charge in [0.2, 0.25) is 5.91 Å². The highest BCUT2D eigenvalue weighted by molar-refractivity contribution is 9.10. The minimum Gasteiger partial charge on any atom is -0.309 e. The second-order valence-electron chi connectivity index (χ2n) is 5.17. The van der Waals surface area contributed by atoms with E-state index < -0.39 is 0 Å². The van der Waals surface area contributed by atoms with Crippen LogP contribution in [0.5, 0.6) is 0 Å². The second-order valence-corrected chi connectivity index (χ2v) is 5.98. The summed E-state index contributed by atoms with van der Waals surface area (Å²) < 4.78 is 0.726. The molecule has 4 nitrogen and oxygen atoms in total. The number of hydrogen-bond acceptors (Lipinski definition) is 3. The molecule has 90 valence electrons. The lowest BCUT2D eigenvalue weighted by Crippen LogP contribution is -2.38. The van der Waals surface area contributed by atoms with Crippen LogP contribution in [-0.4, -0.2) is 23.0 Å². The summed E-state index contributed by atoms with van der Waals surface area (Å²) in [7, 11) is 0. The van der Waals surface area contributed by atoms with Crippen LogP contribution in [0.15, 0.2) is 22.8 Å². The molecule has 1 aliphatic heterocycles. The fourth-order valence-electron chi connectivity index (χ4n) is 2.52. The Hall–Kier alpha value is -0.940. The van der Waals surface area contributed by atoms with Crippen molar-refractivity contribution in [1.29, 1.82) is 0 Å². The van der Waals surface area contributed by atoms with Crippen LogP contribution in [0.4, 0.5) is 5.82 Å². The summed E-state index contributed by atoms with van der Waals surface area (Å²) in [5, 5.41) is 6.19. The minimum atomic E-state index is -0.0699. The maximum Gasteiger partial charge on any atom is 0.242 e. The number of aromatic nitrogens is 1. The number of anilines is 1. The number of nitrogens with zero attached hydrogens (tertiary/aromatic N) is 1. The number of piperidine rings is 1. The molecule has 1 aromatic heterocycles. The van der Waals surface area contributed by atoms with Crippen LogP contribution in [0.1, 0.15) is 19.8 Å². The molecule has 2 heterocycles. The predicted octanol–water partition coefficient (Wildman–Crippen LogP) is 1.92. The summed E-state index contributed by atoms with van der Waals surface area (Å²) >= 11 is 3.28. The Morgan fingerprint density at radius 3 is 3.06 bits per heavy atom. The lowest BCUT2D eigenvalue weighted by Gasteiger charge is -2.13. The molecule has 1 amide bonds. The van der Waals surface area contributed by atoms with Crippen molar-refractivity contribution in [2.24, 2.45) is 5.41 Å². The molecule has 0 spiro atoms. The van der Waals surface area contributed by atoms with Gasteiger partial charge in [-0.1, -0.05) is 13.0 Å². The highest BCUT2D eigenvalue weighted by Gasteiger charge is 2.58. The van der Waals surface area contributed by atoms with Gasteiger partial charge in [-0.3, -0.25) is 4.79 Å². The fraction of sp³-hybridized carbons (Fsp3) is 0.500. The van der Waals surface area contributed by atoms with E-state index in [4.69, 9.17) is 0 Å². The van der Waals surface area contributed by atoms with Gasteiger partial charge in [0, 0.05) is 6.04 Å². The standard InChI is InChI=1S/C12H14BrN3O/c1-12-5-7(14-8(12)6-12)11(17)16-10-4-2-3-9(13)15-10/h2-4,7-8,14H,5-6H2,1H3,(H,15,16,17)/t7?,8-,12?/m1/s1. The van der Waals surface area contributed by atoms with E-state index in [2.05, 4.69) is 38.5 Å². The molecule has 2 aliphatic rings. The first-order valence-corrected chi connectivity index (χ1v) is 6.56. The number of hydrogen-bond donors (Lipinski definition) is 2. The molecule has 5 heteroatoms. The second kappa shape index (κ2) is 3.78. The number of carbonyl (C=O) groups is 1. The number of amides is 1. The molecule has 1 aliphatic carbocycles. The van der Waals surface area contributed by atoms with Gasteiger partial charge in [0.15, 0.2) is 0 Å². The molecule has 2 fully saturated rings. The monoisotopic (exact) mass is 295 g/mol. The quantitative estimate of drug-likeness (QED) is 0.820. The smallest absolute Gasteiger partial charge is 0.242 e. The third-order valence-corrected chi connectivity index (χ3v) is 4.15. The number of fused-ring (bicyclic) bond motifs is 1. The van der Waals surface area contributed by atoms with E-state index in [1.807, 2.05) is 12.1 Å². The Morgan fingerprint density at radius 1 is 1.59 bits per heavy atom.